The maximum atomic E-state index is 13.3. The number of nitrogens with zero attached hydrogens (tertiary/aromatic N) is 2. The van der Waals surface area contributed by atoms with E-state index in [0.717, 1.165) is 22.2 Å². The van der Waals surface area contributed by atoms with E-state index in [4.69, 9.17) is 11.6 Å². The van der Waals surface area contributed by atoms with Crippen molar-refractivity contribution >= 4 is 33.2 Å². The molecule has 0 radical (unpaired) electrons. The van der Waals surface area contributed by atoms with Gasteiger partial charge in [0.05, 0.1) is 17.0 Å². The Balaban J connectivity index is 2.00. The molecular weight excluding hydrogens is 369 g/mol. The van der Waals surface area contributed by atoms with E-state index in [1.165, 1.54) is 12.1 Å². The van der Waals surface area contributed by atoms with Gasteiger partial charge in [0.2, 0.25) is 15.9 Å². The van der Waals surface area contributed by atoms with Gasteiger partial charge >= 0.3 is 0 Å². The van der Waals surface area contributed by atoms with Gasteiger partial charge in [-0.25, -0.2) is 12.8 Å². The normalized spacial score (nSPS) is 11.2. The molecule has 0 aliphatic heterocycles. The van der Waals surface area contributed by atoms with E-state index < -0.39 is 15.8 Å². The molecule has 9 heteroatoms. The Kier molecular flexibility index (Phi) is 6.33. The van der Waals surface area contributed by atoms with Crippen LogP contribution in [-0.4, -0.2) is 32.1 Å². The highest BCUT2D eigenvalue weighted by Crippen LogP contribution is 2.24. The zero-order valence-electron chi connectivity index (χ0n) is 13.4. The second-order valence-corrected chi connectivity index (χ2v) is 7.64. The molecule has 0 spiro atoms. The van der Waals surface area contributed by atoms with E-state index in [9.17, 15) is 17.6 Å². The Labute approximate surface area is 150 Å². The lowest BCUT2D eigenvalue weighted by atomic mass is 10.2. The number of sulfonamides is 1. The summed E-state index contributed by atoms with van der Waals surface area (Å²) in [7, 11) is -3.65. The van der Waals surface area contributed by atoms with Crippen molar-refractivity contribution in [3.63, 3.8) is 0 Å². The SMILES string of the molecule is CS(=O)(=O)N(CCC(=O)NCc1cccnc1)c1ccc(F)c(Cl)c1. The van der Waals surface area contributed by atoms with Gasteiger partial charge in [-0.2, -0.15) is 0 Å². The molecule has 0 fully saturated rings. The minimum absolute atomic E-state index is 0.0532. The number of anilines is 1. The molecule has 2 rings (SSSR count). The van der Waals surface area contributed by atoms with Gasteiger partial charge in [-0.1, -0.05) is 17.7 Å². The number of hydrogen-bond acceptors (Lipinski definition) is 4. The monoisotopic (exact) mass is 385 g/mol. The topological polar surface area (TPSA) is 79.4 Å². The Morgan fingerprint density at radius 2 is 2.12 bits per heavy atom. The van der Waals surface area contributed by atoms with Crippen molar-refractivity contribution in [2.75, 3.05) is 17.1 Å². The second kappa shape index (κ2) is 8.26. The fraction of sp³-hybridized carbons (Fsp3) is 0.250. The number of rotatable bonds is 7. The van der Waals surface area contributed by atoms with E-state index in [0.29, 0.717) is 6.54 Å². The summed E-state index contributed by atoms with van der Waals surface area (Å²) in [6.45, 7) is 0.216. The molecule has 2 aromatic rings. The van der Waals surface area contributed by atoms with Gasteiger partial charge in [0, 0.05) is 31.9 Å². The quantitative estimate of drug-likeness (QED) is 0.793. The molecular formula is C16H17ClFN3O3S. The van der Waals surface area contributed by atoms with Crippen molar-refractivity contribution in [2.45, 2.75) is 13.0 Å². The molecule has 1 aromatic heterocycles. The van der Waals surface area contributed by atoms with E-state index in [2.05, 4.69) is 10.3 Å². The Hall–Kier alpha value is -2.19. The van der Waals surface area contributed by atoms with Crippen molar-refractivity contribution in [2.24, 2.45) is 0 Å². The third kappa shape index (κ3) is 5.68. The summed E-state index contributed by atoms with van der Waals surface area (Å²) >= 11 is 5.71. The molecule has 0 saturated carbocycles. The molecule has 1 N–H and O–H groups in total. The van der Waals surface area contributed by atoms with Crippen LogP contribution in [0.3, 0.4) is 0 Å². The standard InChI is InChI=1S/C16H17ClFN3O3S/c1-25(23,24)21(13-4-5-15(18)14(17)9-13)8-6-16(22)20-11-12-3-2-7-19-10-12/h2-5,7,9-10H,6,8,11H2,1H3,(H,20,22). The number of hydrogen-bond donors (Lipinski definition) is 1. The number of nitrogens with one attached hydrogen (secondary N) is 1. The van der Waals surface area contributed by atoms with E-state index in [1.807, 2.05) is 6.07 Å². The van der Waals surface area contributed by atoms with E-state index in [-0.39, 0.29) is 29.6 Å². The molecule has 6 nitrogen and oxygen atoms in total. The minimum atomic E-state index is -3.65. The van der Waals surface area contributed by atoms with Gasteiger partial charge in [-0.15, -0.1) is 0 Å². The zero-order chi connectivity index (χ0) is 18.4. The summed E-state index contributed by atoms with van der Waals surface area (Å²) in [4.78, 5) is 15.9. The average Bonchev–Trinajstić information content (AvgIpc) is 2.56. The van der Waals surface area contributed by atoms with Gasteiger partial charge in [0.1, 0.15) is 5.82 Å². The highest BCUT2D eigenvalue weighted by atomic mass is 35.5. The van der Waals surface area contributed by atoms with Crippen LogP contribution >= 0.6 is 11.6 Å². The lowest BCUT2D eigenvalue weighted by molar-refractivity contribution is -0.121. The summed E-state index contributed by atoms with van der Waals surface area (Å²) in [6.07, 6.45) is 4.22. The van der Waals surface area contributed by atoms with Crippen LogP contribution in [0.4, 0.5) is 10.1 Å². The zero-order valence-corrected chi connectivity index (χ0v) is 15.0. The van der Waals surface area contributed by atoms with Gasteiger partial charge in [-0.3, -0.25) is 14.1 Å². The summed E-state index contributed by atoms with van der Waals surface area (Å²) in [6, 6.07) is 7.17. The van der Waals surface area contributed by atoms with Crippen LogP contribution in [0.15, 0.2) is 42.7 Å². The number of halogens is 2. The maximum absolute atomic E-state index is 13.3. The molecule has 25 heavy (non-hydrogen) atoms. The minimum Gasteiger partial charge on any atom is -0.352 e. The van der Waals surface area contributed by atoms with Crippen LogP contribution in [0.2, 0.25) is 5.02 Å². The first-order valence-corrected chi connectivity index (χ1v) is 9.58. The number of amides is 1. The summed E-state index contributed by atoms with van der Waals surface area (Å²) in [5.74, 6) is -0.959. The van der Waals surface area contributed by atoms with Crippen molar-refractivity contribution in [1.29, 1.82) is 0 Å². The molecule has 0 atom stereocenters. The summed E-state index contributed by atoms with van der Waals surface area (Å²) < 4.78 is 38.2. The van der Waals surface area contributed by atoms with Crippen LogP contribution in [0, 0.1) is 5.82 Å². The summed E-state index contributed by atoms with van der Waals surface area (Å²) in [5.41, 5.74) is 1.04. The number of carbonyl (C=O) groups is 1. The molecule has 1 heterocycles. The van der Waals surface area contributed by atoms with Crippen molar-refractivity contribution in [3.8, 4) is 0 Å². The fourth-order valence-electron chi connectivity index (χ4n) is 2.12. The number of benzene rings is 1. The smallest absolute Gasteiger partial charge is 0.232 e. The molecule has 0 saturated heterocycles. The number of pyridine rings is 1. The van der Waals surface area contributed by atoms with Gasteiger partial charge < -0.3 is 5.32 Å². The average molecular weight is 386 g/mol. The van der Waals surface area contributed by atoms with Gasteiger partial charge in [0.15, 0.2) is 0 Å². The van der Waals surface area contributed by atoms with Gasteiger partial charge in [0.25, 0.3) is 0 Å². The van der Waals surface area contributed by atoms with Crippen molar-refractivity contribution in [3.05, 3.63) is 59.1 Å². The van der Waals surface area contributed by atoms with Crippen LogP contribution in [0.5, 0.6) is 0 Å². The Morgan fingerprint density at radius 3 is 2.72 bits per heavy atom. The van der Waals surface area contributed by atoms with Crippen LogP contribution in [-0.2, 0) is 21.4 Å². The van der Waals surface area contributed by atoms with E-state index >= 15 is 0 Å². The van der Waals surface area contributed by atoms with Crippen molar-refractivity contribution < 1.29 is 17.6 Å². The predicted octanol–water partition coefficient (Wildman–Crippen LogP) is 2.35. The number of carbonyl (C=O) groups excluding carboxylic acids is 1. The highest BCUT2D eigenvalue weighted by molar-refractivity contribution is 7.92. The molecule has 1 aromatic carbocycles. The molecule has 0 unspecified atom stereocenters. The van der Waals surface area contributed by atoms with Crippen LogP contribution in [0.25, 0.3) is 0 Å². The predicted molar refractivity (Wildman–Crippen MR) is 94.3 cm³/mol. The van der Waals surface area contributed by atoms with Gasteiger partial charge in [-0.05, 0) is 29.8 Å². The lowest BCUT2D eigenvalue weighted by Crippen LogP contribution is -2.34. The Morgan fingerprint density at radius 1 is 1.36 bits per heavy atom. The summed E-state index contributed by atoms with van der Waals surface area (Å²) in [5, 5.41) is 2.50. The van der Waals surface area contributed by atoms with Crippen LogP contribution < -0.4 is 9.62 Å². The first-order chi connectivity index (χ1) is 11.8. The third-order valence-electron chi connectivity index (χ3n) is 3.35. The van der Waals surface area contributed by atoms with E-state index in [1.54, 1.807) is 18.5 Å². The molecule has 134 valence electrons. The third-order valence-corrected chi connectivity index (χ3v) is 4.83. The highest BCUT2D eigenvalue weighted by Gasteiger charge is 2.19. The molecule has 1 amide bonds. The second-order valence-electron chi connectivity index (χ2n) is 5.32. The lowest BCUT2D eigenvalue weighted by Gasteiger charge is -2.22. The first-order valence-electron chi connectivity index (χ1n) is 7.36. The number of aromatic nitrogens is 1. The van der Waals surface area contributed by atoms with Crippen molar-refractivity contribution in [1.82, 2.24) is 10.3 Å². The maximum Gasteiger partial charge on any atom is 0.232 e. The largest absolute Gasteiger partial charge is 0.352 e. The Bertz CT molecular complexity index is 847. The van der Waals surface area contributed by atoms with Crippen LogP contribution in [0.1, 0.15) is 12.0 Å². The fourth-order valence-corrected chi connectivity index (χ4v) is 3.22. The first kappa shape index (κ1) is 19.1. The molecule has 0 bridgehead atoms. The molecule has 0 aliphatic rings. The molecule has 0 aliphatic carbocycles.